The number of anilines is 1. The summed E-state index contributed by atoms with van der Waals surface area (Å²) >= 11 is 0. The van der Waals surface area contributed by atoms with E-state index in [0.29, 0.717) is 0 Å². The number of ether oxygens (including phenoxy) is 1. The van der Waals surface area contributed by atoms with Gasteiger partial charge in [0.25, 0.3) is 0 Å². The number of hydrogen-bond donors (Lipinski definition) is 1. The lowest BCUT2D eigenvalue weighted by Gasteiger charge is -2.13. The third kappa shape index (κ3) is 3.41. The predicted octanol–water partition coefficient (Wildman–Crippen LogP) is 4.74. The minimum atomic E-state index is 0.825. The molecule has 0 fully saturated rings. The van der Waals surface area contributed by atoms with Crippen molar-refractivity contribution >= 4 is 5.69 Å². The monoisotopic (exact) mass is 267 g/mol. The summed E-state index contributed by atoms with van der Waals surface area (Å²) < 4.78 is 5.42. The fourth-order valence-corrected chi connectivity index (χ4v) is 1.99. The third-order valence-electron chi connectivity index (χ3n) is 3.36. The molecule has 0 saturated carbocycles. The summed E-state index contributed by atoms with van der Waals surface area (Å²) in [6.45, 7) is 4.99. The van der Waals surface area contributed by atoms with Crippen molar-refractivity contribution in [3.05, 3.63) is 60.2 Å². The van der Waals surface area contributed by atoms with Crippen molar-refractivity contribution in [1.82, 2.24) is 0 Å². The second-order valence-electron chi connectivity index (χ2n) is 4.77. The molecule has 0 unspecified atom stereocenters. The van der Waals surface area contributed by atoms with Crippen LogP contribution in [0, 0.1) is 0 Å². The van der Waals surface area contributed by atoms with Gasteiger partial charge in [0, 0.05) is 6.54 Å². The third-order valence-corrected chi connectivity index (χ3v) is 3.36. The lowest BCUT2D eigenvalue weighted by Crippen LogP contribution is -2.04. The molecule has 104 valence electrons. The fourth-order valence-electron chi connectivity index (χ4n) is 1.99. The molecule has 0 aliphatic heterocycles. The van der Waals surface area contributed by atoms with E-state index in [1.54, 1.807) is 7.11 Å². The molecule has 0 bridgehead atoms. The molecule has 2 aromatic rings. The Morgan fingerprint density at radius 3 is 2.50 bits per heavy atom. The molecule has 1 N–H and O–H groups in total. The average molecular weight is 267 g/mol. The van der Waals surface area contributed by atoms with E-state index in [4.69, 9.17) is 4.74 Å². The van der Waals surface area contributed by atoms with Crippen LogP contribution >= 0.6 is 0 Å². The van der Waals surface area contributed by atoms with E-state index in [1.165, 1.54) is 16.7 Å². The van der Waals surface area contributed by atoms with E-state index >= 15 is 0 Å². The summed E-state index contributed by atoms with van der Waals surface area (Å²) in [5.41, 5.74) is 4.72. The van der Waals surface area contributed by atoms with Gasteiger partial charge in [-0.3, -0.25) is 0 Å². The number of nitrogens with one attached hydrogen (secondary N) is 1. The summed E-state index contributed by atoms with van der Waals surface area (Å²) in [5.74, 6) is 0.869. The quantitative estimate of drug-likeness (QED) is 0.790. The first-order chi connectivity index (χ1) is 9.74. The number of benzene rings is 2. The van der Waals surface area contributed by atoms with Gasteiger partial charge in [0.2, 0.25) is 0 Å². The van der Waals surface area contributed by atoms with Gasteiger partial charge in [0.05, 0.1) is 12.8 Å². The molecule has 0 heterocycles. The predicted molar refractivity (Wildman–Crippen MR) is 86.4 cm³/mol. The average Bonchev–Trinajstić information content (AvgIpc) is 2.53. The van der Waals surface area contributed by atoms with Crippen LogP contribution < -0.4 is 10.1 Å². The van der Waals surface area contributed by atoms with Gasteiger partial charge in [-0.05, 0) is 37.1 Å². The first kappa shape index (κ1) is 14.2. The smallest absolute Gasteiger partial charge is 0.141 e. The zero-order valence-corrected chi connectivity index (χ0v) is 12.3. The molecule has 0 aliphatic carbocycles. The zero-order valence-electron chi connectivity index (χ0n) is 12.3. The van der Waals surface area contributed by atoms with Crippen LogP contribution in [0.1, 0.15) is 13.8 Å². The summed E-state index contributed by atoms with van der Waals surface area (Å²) in [7, 11) is 1.70. The number of rotatable bonds is 5. The molecule has 0 spiro atoms. The van der Waals surface area contributed by atoms with E-state index in [9.17, 15) is 0 Å². The van der Waals surface area contributed by atoms with Crippen molar-refractivity contribution in [2.24, 2.45) is 0 Å². The molecule has 0 radical (unpaired) electrons. The molecule has 2 aromatic carbocycles. The van der Waals surface area contributed by atoms with Crippen molar-refractivity contribution in [2.75, 3.05) is 19.0 Å². The van der Waals surface area contributed by atoms with Crippen LogP contribution in [0.25, 0.3) is 11.1 Å². The maximum Gasteiger partial charge on any atom is 0.141 e. The molecule has 2 rings (SSSR count). The first-order valence-corrected chi connectivity index (χ1v) is 6.83. The van der Waals surface area contributed by atoms with E-state index in [1.807, 2.05) is 12.1 Å². The number of methoxy groups -OCH3 is 1. The highest BCUT2D eigenvalue weighted by Crippen LogP contribution is 2.30. The highest BCUT2D eigenvalue weighted by molar-refractivity contribution is 5.72. The SMILES string of the molecule is C/C=C(\C)CNc1cc(-c2ccccc2)ccc1OC. The standard InChI is InChI=1S/C18H21NO/c1-4-14(2)13-19-17-12-16(10-11-18(17)20-3)15-8-6-5-7-9-15/h4-12,19H,13H2,1-3H3/b14-4+. The molecule has 2 heteroatoms. The maximum atomic E-state index is 5.42. The van der Waals surface area contributed by atoms with Crippen molar-refractivity contribution in [3.63, 3.8) is 0 Å². The Morgan fingerprint density at radius 2 is 1.85 bits per heavy atom. The lowest BCUT2D eigenvalue weighted by molar-refractivity contribution is 0.416. The number of hydrogen-bond acceptors (Lipinski definition) is 2. The highest BCUT2D eigenvalue weighted by Gasteiger charge is 2.05. The molecule has 0 aromatic heterocycles. The van der Waals surface area contributed by atoms with Crippen molar-refractivity contribution in [3.8, 4) is 16.9 Å². The van der Waals surface area contributed by atoms with Gasteiger partial charge in [-0.2, -0.15) is 0 Å². The minimum Gasteiger partial charge on any atom is -0.495 e. The summed E-state index contributed by atoms with van der Waals surface area (Å²) in [6, 6.07) is 16.6. The molecular weight excluding hydrogens is 246 g/mol. The van der Waals surface area contributed by atoms with Gasteiger partial charge < -0.3 is 10.1 Å². The topological polar surface area (TPSA) is 21.3 Å². The molecule has 0 saturated heterocycles. The van der Waals surface area contributed by atoms with Crippen molar-refractivity contribution in [2.45, 2.75) is 13.8 Å². The van der Waals surface area contributed by atoms with Gasteiger partial charge in [-0.25, -0.2) is 0 Å². The van der Waals surface area contributed by atoms with E-state index < -0.39 is 0 Å². The first-order valence-electron chi connectivity index (χ1n) is 6.83. The molecule has 0 atom stereocenters. The normalized spacial score (nSPS) is 11.2. The molecule has 0 amide bonds. The van der Waals surface area contributed by atoms with Gasteiger partial charge in [-0.15, -0.1) is 0 Å². The van der Waals surface area contributed by atoms with Gasteiger partial charge in [0.1, 0.15) is 5.75 Å². The van der Waals surface area contributed by atoms with Crippen LogP contribution in [0.3, 0.4) is 0 Å². The highest BCUT2D eigenvalue weighted by atomic mass is 16.5. The van der Waals surface area contributed by atoms with Gasteiger partial charge in [-0.1, -0.05) is 48.0 Å². The summed E-state index contributed by atoms with van der Waals surface area (Å²) in [5, 5.41) is 3.43. The summed E-state index contributed by atoms with van der Waals surface area (Å²) in [4.78, 5) is 0. The van der Waals surface area contributed by atoms with E-state index in [-0.39, 0.29) is 0 Å². The van der Waals surface area contributed by atoms with Gasteiger partial charge in [0.15, 0.2) is 0 Å². The van der Waals surface area contributed by atoms with Crippen LogP contribution in [0.15, 0.2) is 60.2 Å². The van der Waals surface area contributed by atoms with Crippen LogP contribution in [0.2, 0.25) is 0 Å². The van der Waals surface area contributed by atoms with Crippen LogP contribution in [-0.2, 0) is 0 Å². The van der Waals surface area contributed by atoms with Crippen LogP contribution in [0.4, 0.5) is 5.69 Å². The molecule has 0 aliphatic rings. The lowest BCUT2D eigenvalue weighted by atomic mass is 10.0. The molecular formula is C18H21NO. The fraction of sp³-hybridized carbons (Fsp3) is 0.222. The summed E-state index contributed by atoms with van der Waals surface area (Å²) in [6.07, 6.45) is 2.11. The molecule has 2 nitrogen and oxygen atoms in total. The minimum absolute atomic E-state index is 0.825. The Labute approximate surface area is 121 Å². The second-order valence-corrected chi connectivity index (χ2v) is 4.77. The van der Waals surface area contributed by atoms with Crippen LogP contribution in [0.5, 0.6) is 5.75 Å². The Kier molecular flexibility index (Phi) is 4.83. The van der Waals surface area contributed by atoms with Crippen molar-refractivity contribution in [1.29, 1.82) is 0 Å². The van der Waals surface area contributed by atoms with E-state index in [2.05, 4.69) is 61.6 Å². The molecule has 20 heavy (non-hydrogen) atoms. The Hall–Kier alpha value is -2.22. The van der Waals surface area contributed by atoms with Crippen LogP contribution in [-0.4, -0.2) is 13.7 Å². The van der Waals surface area contributed by atoms with Gasteiger partial charge >= 0.3 is 0 Å². The Balaban J connectivity index is 2.29. The second kappa shape index (κ2) is 6.80. The Morgan fingerprint density at radius 1 is 1.10 bits per heavy atom. The number of allylic oxidation sites excluding steroid dienone is 1. The Bertz CT molecular complexity index is 588. The zero-order chi connectivity index (χ0) is 14.4. The van der Waals surface area contributed by atoms with Crippen molar-refractivity contribution < 1.29 is 4.74 Å². The maximum absolute atomic E-state index is 5.42. The largest absolute Gasteiger partial charge is 0.495 e. The van der Waals surface area contributed by atoms with E-state index in [0.717, 1.165) is 18.0 Å².